The van der Waals surface area contributed by atoms with E-state index >= 15 is 0 Å². The lowest BCUT2D eigenvalue weighted by molar-refractivity contribution is -0.0701. The van der Waals surface area contributed by atoms with E-state index in [1.165, 1.54) is 10.6 Å². The van der Waals surface area contributed by atoms with E-state index in [0.29, 0.717) is 43.0 Å². The average Bonchev–Trinajstić information content (AvgIpc) is 2.91. The molecule has 0 bridgehead atoms. The zero-order valence-electron chi connectivity index (χ0n) is 13.3. The number of pyridine rings is 1. The standard InChI is InChI=1S/C16H18ClFN4O2/c1-10-8-24-9-12-7-20(4-5-21(10)12)16(23)14-15(18)22-6-11(17)2-3-13(22)19-14/h2-3,6,10,12H,4-5,7-9H2,1H3/t10-,12+/m0/s1. The number of nitrogens with zero attached hydrogens (tertiary/aromatic N) is 4. The summed E-state index contributed by atoms with van der Waals surface area (Å²) in [5, 5.41) is 0.389. The molecule has 0 aliphatic carbocycles. The van der Waals surface area contributed by atoms with Crippen LogP contribution in [-0.4, -0.2) is 70.0 Å². The number of morpholine rings is 1. The molecule has 4 rings (SSSR count). The Bertz CT molecular complexity index is 796. The second-order valence-corrected chi connectivity index (χ2v) is 6.79. The molecular weight excluding hydrogens is 335 g/mol. The van der Waals surface area contributed by atoms with Gasteiger partial charge in [0.2, 0.25) is 5.95 Å². The highest BCUT2D eigenvalue weighted by molar-refractivity contribution is 6.30. The van der Waals surface area contributed by atoms with Gasteiger partial charge in [0.25, 0.3) is 5.91 Å². The van der Waals surface area contributed by atoms with Crippen LogP contribution in [-0.2, 0) is 4.74 Å². The lowest BCUT2D eigenvalue weighted by Crippen LogP contribution is -2.62. The number of ether oxygens (including phenoxy) is 1. The van der Waals surface area contributed by atoms with Crippen LogP contribution in [0.2, 0.25) is 5.02 Å². The fraction of sp³-hybridized carbons (Fsp3) is 0.500. The Kier molecular flexibility index (Phi) is 3.94. The summed E-state index contributed by atoms with van der Waals surface area (Å²) >= 11 is 5.89. The van der Waals surface area contributed by atoms with Crippen LogP contribution in [0.3, 0.4) is 0 Å². The number of amides is 1. The Labute approximate surface area is 143 Å². The Morgan fingerprint density at radius 1 is 1.38 bits per heavy atom. The van der Waals surface area contributed by atoms with Gasteiger partial charge < -0.3 is 9.64 Å². The van der Waals surface area contributed by atoms with Gasteiger partial charge in [0, 0.05) is 31.9 Å². The van der Waals surface area contributed by atoms with Crippen LogP contribution in [0.25, 0.3) is 5.65 Å². The zero-order valence-corrected chi connectivity index (χ0v) is 14.0. The van der Waals surface area contributed by atoms with Crippen LogP contribution < -0.4 is 0 Å². The molecule has 2 aliphatic rings. The van der Waals surface area contributed by atoms with Gasteiger partial charge in [0.05, 0.1) is 24.3 Å². The van der Waals surface area contributed by atoms with Crippen LogP contribution >= 0.6 is 11.6 Å². The van der Waals surface area contributed by atoms with Gasteiger partial charge in [-0.3, -0.25) is 14.1 Å². The number of carbonyl (C=O) groups is 1. The number of fused-ring (bicyclic) bond motifs is 2. The van der Waals surface area contributed by atoms with Crippen molar-refractivity contribution < 1.29 is 13.9 Å². The minimum Gasteiger partial charge on any atom is -0.378 e. The molecule has 1 amide bonds. The molecular formula is C16H18ClFN4O2. The molecule has 4 heterocycles. The minimum absolute atomic E-state index is 0.154. The Morgan fingerprint density at radius 3 is 3.04 bits per heavy atom. The summed E-state index contributed by atoms with van der Waals surface area (Å²) in [6.07, 6.45) is 1.42. The van der Waals surface area contributed by atoms with Crippen molar-refractivity contribution in [2.45, 2.75) is 19.0 Å². The fourth-order valence-corrected chi connectivity index (χ4v) is 3.69. The number of hydrogen-bond donors (Lipinski definition) is 0. The molecule has 8 heteroatoms. The van der Waals surface area contributed by atoms with Crippen molar-refractivity contribution in [1.29, 1.82) is 0 Å². The summed E-state index contributed by atoms with van der Waals surface area (Å²) in [4.78, 5) is 20.9. The van der Waals surface area contributed by atoms with Gasteiger partial charge in [-0.05, 0) is 19.1 Å². The maximum Gasteiger partial charge on any atom is 0.277 e. The van der Waals surface area contributed by atoms with Gasteiger partial charge in [-0.2, -0.15) is 4.39 Å². The number of halogens is 2. The lowest BCUT2D eigenvalue weighted by atomic mass is 10.1. The molecule has 0 N–H and O–H groups in total. The zero-order chi connectivity index (χ0) is 16.8. The van der Waals surface area contributed by atoms with Crippen molar-refractivity contribution in [2.24, 2.45) is 0 Å². The molecule has 0 spiro atoms. The molecule has 0 unspecified atom stereocenters. The Hall–Kier alpha value is -1.70. The first kappa shape index (κ1) is 15.8. The van der Waals surface area contributed by atoms with Crippen molar-refractivity contribution >= 4 is 23.2 Å². The molecule has 0 aromatic carbocycles. The quantitative estimate of drug-likeness (QED) is 0.783. The first-order valence-corrected chi connectivity index (χ1v) is 8.38. The van der Waals surface area contributed by atoms with E-state index in [1.807, 2.05) is 0 Å². The summed E-state index contributed by atoms with van der Waals surface area (Å²) in [6, 6.07) is 3.71. The summed E-state index contributed by atoms with van der Waals surface area (Å²) in [6.45, 7) is 5.28. The molecule has 2 aliphatic heterocycles. The molecule has 2 saturated heterocycles. The molecule has 128 valence electrons. The van der Waals surface area contributed by atoms with E-state index in [1.54, 1.807) is 17.0 Å². The SMILES string of the molecule is C[C@H]1COC[C@H]2CN(C(=O)c3nc4ccc(Cl)cn4c3F)CCN21. The molecule has 2 aromatic rings. The predicted molar refractivity (Wildman–Crippen MR) is 86.8 cm³/mol. The highest BCUT2D eigenvalue weighted by Gasteiger charge is 2.36. The third kappa shape index (κ3) is 2.56. The van der Waals surface area contributed by atoms with Crippen LogP contribution in [0.1, 0.15) is 17.4 Å². The number of imidazole rings is 1. The van der Waals surface area contributed by atoms with Crippen LogP contribution in [0.5, 0.6) is 0 Å². The van der Waals surface area contributed by atoms with Crippen molar-refractivity contribution in [3.05, 3.63) is 35.0 Å². The Morgan fingerprint density at radius 2 is 2.21 bits per heavy atom. The number of rotatable bonds is 1. The molecule has 2 aromatic heterocycles. The minimum atomic E-state index is -0.673. The summed E-state index contributed by atoms with van der Waals surface area (Å²) in [7, 11) is 0. The Balaban J connectivity index is 1.59. The van der Waals surface area contributed by atoms with E-state index in [4.69, 9.17) is 16.3 Å². The number of hydrogen-bond acceptors (Lipinski definition) is 4. The normalized spacial score (nSPS) is 25.0. The van der Waals surface area contributed by atoms with E-state index in [0.717, 1.165) is 6.54 Å². The second-order valence-electron chi connectivity index (χ2n) is 6.36. The van der Waals surface area contributed by atoms with Crippen LogP contribution in [0, 0.1) is 5.95 Å². The lowest BCUT2D eigenvalue weighted by Gasteiger charge is -2.46. The third-order valence-electron chi connectivity index (χ3n) is 4.78. The second kappa shape index (κ2) is 5.98. The monoisotopic (exact) mass is 352 g/mol. The molecule has 6 nitrogen and oxygen atoms in total. The van der Waals surface area contributed by atoms with Gasteiger partial charge in [-0.1, -0.05) is 11.6 Å². The van der Waals surface area contributed by atoms with Gasteiger partial charge >= 0.3 is 0 Å². The van der Waals surface area contributed by atoms with Gasteiger partial charge in [0.15, 0.2) is 5.69 Å². The smallest absolute Gasteiger partial charge is 0.277 e. The highest BCUT2D eigenvalue weighted by Crippen LogP contribution is 2.21. The largest absolute Gasteiger partial charge is 0.378 e. The first-order chi connectivity index (χ1) is 11.5. The van der Waals surface area contributed by atoms with E-state index in [9.17, 15) is 9.18 Å². The van der Waals surface area contributed by atoms with Crippen molar-refractivity contribution in [3.63, 3.8) is 0 Å². The van der Waals surface area contributed by atoms with Crippen molar-refractivity contribution in [1.82, 2.24) is 19.2 Å². The van der Waals surface area contributed by atoms with Gasteiger partial charge in [0.1, 0.15) is 5.65 Å². The molecule has 2 fully saturated rings. The fourth-order valence-electron chi connectivity index (χ4n) is 3.53. The van der Waals surface area contributed by atoms with E-state index in [2.05, 4.69) is 16.8 Å². The molecule has 0 saturated carbocycles. The van der Waals surface area contributed by atoms with E-state index < -0.39 is 5.95 Å². The third-order valence-corrected chi connectivity index (χ3v) is 5.00. The molecule has 24 heavy (non-hydrogen) atoms. The maximum absolute atomic E-state index is 14.6. The van der Waals surface area contributed by atoms with E-state index in [-0.39, 0.29) is 17.6 Å². The molecule has 2 atom stereocenters. The average molecular weight is 353 g/mol. The van der Waals surface area contributed by atoms with Crippen molar-refractivity contribution in [3.8, 4) is 0 Å². The van der Waals surface area contributed by atoms with Crippen LogP contribution in [0.15, 0.2) is 18.3 Å². The number of aromatic nitrogens is 2. The summed E-state index contributed by atoms with van der Waals surface area (Å²) < 4.78 is 21.4. The van der Waals surface area contributed by atoms with Gasteiger partial charge in [-0.25, -0.2) is 4.98 Å². The number of carbonyl (C=O) groups excluding carboxylic acids is 1. The van der Waals surface area contributed by atoms with Crippen LogP contribution in [0.4, 0.5) is 4.39 Å². The number of piperazine rings is 1. The highest BCUT2D eigenvalue weighted by atomic mass is 35.5. The summed E-state index contributed by atoms with van der Waals surface area (Å²) in [5.41, 5.74) is 0.212. The maximum atomic E-state index is 14.6. The van der Waals surface area contributed by atoms with Crippen molar-refractivity contribution in [2.75, 3.05) is 32.8 Å². The summed E-state index contributed by atoms with van der Waals surface area (Å²) in [5.74, 6) is -1.06. The molecule has 0 radical (unpaired) electrons. The van der Waals surface area contributed by atoms with Gasteiger partial charge in [-0.15, -0.1) is 0 Å². The predicted octanol–water partition coefficient (Wildman–Crippen LogP) is 1.67. The topological polar surface area (TPSA) is 50.1 Å². The first-order valence-electron chi connectivity index (χ1n) is 8.00.